The van der Waals surface area contributed by atoms with Gasteiger partial charge in [-0.05, 0) is 31.7 Å². The molecule has 0 heterocycles. The van der Waals surface area contributed by atoms with Crippen molar-refractivity contribution in [1.29, 1.82) is 0 Å². The van der Waals surface area contributed by atoms with E-state index in [4.69, 9.17) is 14.2 Å². The number of carbonyl (C=O) groups excluding carboxylic acids is 2. The first kappa shape index (κ1) is 29.3. The van der Waals surface area contributed by atoms with Gasteiger partial charge in [-0.3, -0.25) is 4.79 Å². The summed E-state index contributed by atoms with van der Waals surface area (Å²) in [6, 6.07) is 8.28. The van der Waals surface area contributed by atoms with Gasteiger partial charge in [0.2, 0.25) is 0 Å². The molecule has 0 aliphatic rings. The van der Waals surface area contributed by atoms with Crippen molar-refractivity contribution in [3.05, 3.63) is 66.8 Å². The normalized spacial score (nSPS) is 10.2. The van der Waals surface area contributed by atoms with Gasteiger partial charge in [-0.25, -0.2) is 4.79 Å². The zero-order valence-electron chi connectivity index (χ0n) is 19.9. The fourth-order valence-electron chi connectivity index (χ4n) is 2.41. The smallest absolute Gasteiger partial charge is 0.330 e. The van der Waals surface area contributed by atoms with E-state index in [1.54, 1.807) is 0 Å². The third kappa shape index (κ3) is 19.3. The van der Waals surface area contributed by atoms with Gasteiger partial charge in [-0.15, -0.1) is 0 Å². The molecule has 0 fully saturated rings. The molecule has 1 rings (SSSR count). The molecule has 0 bridgehead atoms. The molecule has 32 heavy (non-hydrogen) atoms. The lowest BCUT2D eigenvalue weighted by Crippen LogP contribution is -2.12. The first-order chi connectivity index (χ1) is 15.5. The fourth-order valence-corrected chi connectivity index (χ4v) is 2.41. The maximum atomic E-state index is 11.5. The van der Waals surface area contributed by atoms with E-state index in [1.165, 1.54) is 24.0 Å². The van der Waals surface area contributed by atoms with Crippen molar-refractivity contribution in [2.75, 3.05) is 26.4 Å². The number of allylic oxidation sites excluding steroid dienone is 2. The first-order valence-electron chi connectivity index (χ1n) is 11.4. The average Bonchev–Trinajstić information content (AvgIpc) is 2.81. The molecule has 5 heteroatoms. The highest BCUT2D eigenvalue weighted by Crippen LogP contribution is 2.03. The van der Waals surface area contributed by atoms with Crippen LogP contribution in [0.5, 0.6) is 0 Å². The van der Waals surface area contributed by atoms with Crippen LogP contribution >= 0.6 is 0 Å². The summed E-state index contributed by atoms with van der Waals surface area (Å²) >= 11 is 0. The topological polar surface area (TPSA) is 61.8 Å². The molecule has 0 aliphatic carbocycles. The summed E-state index contributed by atoms with van der Waals surface area (Å²) in [5, 5.41) is 0. The Kier molecular flexibility index (Phi) is 19.8. The lowest BCUT2D eigenvalue weighted by atomic mass is 10.2. The van der Waals surface area contributed by atoms with Gasteiger partial charge in [0.1, 0.15) is 6.61 Å². The number of carbonyl (C=O) groups is 2. The van der Waals surface area contributed by atoms with Crippen LogP contribution in [0.4, 0.5) is 0 Å². The van der Waals surface area contributed by atoms with Crippen LogP contribution < -0.4 is 0 Å². The second-order valence-corrected chi connectivity index (χ2v) is 7.18. The largest absolute Gasteiger partial charge is 0.463 e. The van der Waals surface area contributed by atoms with Gasteiger partial charge >= 0.3 is 11.9 Å². The molecule has 0 radical (unpaired) electrons. The third-order valence-corrected chi connectivity index (χ3v) is 4.29. The van der Waals surface area contributed by atoms with Gasteiger partial charge in [0.15, 0.2) is 0 Å². The van der Waals surface area contributed by atoms with Crippen LogP contribution in [-0.4, -0.2) is 38.4 Å². The molecule has 5 nitrogen and oxygen atoms in total. The van der Waals surface area contributed by atoms with Crippen LogP contribution in [-0.2, 0) is 23.8 Å². The first-order valence-corrected chi connectivity index (χ1v) is 11.4. The molecule has 0 unspecified atom stereocenters. The highest BCUT2D eigenvalue weighted by atomic mass is 16.6. The van der Waals surface area contributed by atoms with Crippen molar-refractivity contribution in [3.63, 3.8) is 0 Å². The number of rotatable bonds is 16. The lowest BCUT2D eigenvalue weighted by Gasteiger charge is -2.06. The standard InChI is InChI=1S/C18H30O5.C9H10/c1-3-5-6-7-8-9-10-12-18(20)23-16-15-21-13-11-14-22-17(19)4-2;1-3-9-6-4-8(2)5-7-9/h4,7-8H,2-3,5-6,9-16H2,1H3;3-7H,1H2,2H3/b8-7+;. The predicted molar refractivity (Wildman–Crippen MR) is 131 cm³/mol. The summed E-state index contributed by atoms with van der Waals surface area (Å²) in [4.78, 5) is 22.2. The van der Waals surface area contributed by atoms with E-state index < -0.39 is 5.97 Å². The van der Waals surface area contributed by atoms with Crippen molar-refractivity contribution in [2.45, 2.75) is 58.8 Å². The molecule has 0 saturated carbocycles. The molecular weight excluding hydrogens is 404 g/mol. The van der Waals surface area contributed by atoms with E-state index in [1.807, 2.05) is 6.08 Å². The SMILES string of the molecule is C=CC(=O)OCCCOCCOC(=O)CCC/C=C/CCCC.C=Cc1ccc(C)cc1. The lowest BCUT2D eigenvalue weighted by molar-refractivity contribution is -0.145. The van der Waals surface area contributed by atoms with Crippen molar-refractivity contribution >= 4 is 18.0 Å². The quantitative estimate of drug-likeness (QED) is 0.131. The van der Waals surface area contributed by atoms with Gasteiger partial charge < -0.3 is 14.2 Å². The number of esters is 2. The monoisotopic (exact) mass is 444 g/mol. The summed E-state index contributed by atoms with van der Waals surface area (Å²) in [6.07, 6.45) is 13.6. The van der Waals surface area contributed by atoms with Crippen LogP contribution in [0.15, 0.2) is 55.7 Å². The molecule has 0 aromatic heterocycles. The van der Waals surface area contributed by atoms with Crippen LogP contribution in [0.1, 0.15) is 63.0 Å². The van der Waals surface area contributed by atoms with E-state index in [0.29, 0.717) is 32.7 Å². The number of hydrogen-bond donors (Lipinski definition) is 0. The molecular formula is C27H40O5. The highest BCUT2D eigenvalue weighted by Gasteiger charge is 2.01. The van der Waals surface area contributed by atoms with Gasteiger partial charge in [-0.2, -0.15) is 0 Å². The number of hydrogen-bond acceptors (Lipinski definition) is 5. The zero-order chi connectivity index (χ0) is 23.9. The van der Waals surface area contributed by atoms with Crippen LogP contribution in [0.3, 0.4) is 0 Å². The molecule has 0 amide bonds. The molecule has 1 aromatic carbocycles. The maximum absolute atomic E-state index is 11.5. The number of ether oxygens (including phenoxy) is 3. The van der Waals surface area contributed by atoms with Crippen LogP contribution in [0.2, 0.25) is 0 Å². The molecule has 0 saturated heterocycles. The van der Waals surface area contributed by atoms with Crippen molar-refractivity contribution in [2.24, 2.45) is 0 Å². The molecule has 0 aliphatic heterocycles. The Bertz CT molecular complexity index is 661. The van der Waals surface area contributed by atoms with Crippen molar-refractivity contribution in [1.82, 2.24) is 0 Å². The Morgan fingerprint density at radius 3 is 2.19 bits per heavy atom. The van der Waals surface area contributed by atoms with Gasteiger partial charge in [0.25, 0.3) is 0 Å². The Morgan fingerprint density at radius 2 is 1.56 bits per heavy atom. The Hall–Kier alpha value is -2.66. The summed E-state index contributed by atoms with van der Waals surface area (Å²) in [5.41, 5.74) is 2.47. The molecule has 0 atom stereocenters. The molecule has 178 valence electrons. The van der Waals surface area contributed by atoms with Crippen LogP contribution in [0, 0.1) is 6.92 Å². The fraction of sp³-hybridized carbons (Fsp3) is 0.481. The maximum Gasteiger partial charge on any atom is 0.330 e. The van der Waals surface area contributed by atoms with Crippen molar-refractivity contribution in [3.8, 4) is 0 Å². The van der Waals surface area contributed by atoms with E-state index in [9.17, 15) is 9.59 Å². The highest BCUT2D eigenvalue weighted by molar-refractivity contribution is 5.81. The summed E-state index contributed by atoms with van der Waals surface area (Å²) in [5.74, 6) is -0.616. The Balaban J connectivity index is 0.000000879. The van der Waals surface area contributed by atoms with E-state index in [2.05, 4.69) is 63.4 Å². The van der Waals surface area contributed by atoms with Gasteiger partial charge in [0.05, 0.1) is 13.2 Å². The molecule has 0 N–H and O–H groups in total. The summed E-state index contributed by atoms with van der Waals surface area (Å²) < 4.78 is 15.1. The van der Waals surface area contributed by atoms with Crippen LogP contribution in [0.25, 0.3) is 6.08 Å². The minimum Gasteiger partial charge on any atom is -0.463 e. The van der Waals surface area contributed by atoms with Crippen molar-refractivity contribution < 1.29 is 23.8 Å². The molecule has 1 aromatic rings. The molecule has 0 spiro atoms. The minimum atomic E-state index is -0.431. The van der Waals surface area contributed by atoms with E-state index in [-0.39, 0.29) is 12.6 Å². The number of aryl methyl sites for hydroxylation is 1. The third-order valence-electron chi connectivity index (χ3n) is 4.29. The minimum absolute atomic E-state index is 0.185. The Labute approximate surface area is 194 Å². The zero-order valence-corrected chi connectivity index (χ0v) is 19.9. The summed E-state index contributed by atoms with van der Waals surface area (Å²) in [7, 11) is 0. The Morgan fingerprint density at radius 1 is 0.875 bits per heavy atom. The second-order valence-electron chi connectivity index (χ2n) is 7.18. The number of unbranched alkanes of at least 4 members (excludes halogenated alkanes) is 3. The van der Waals surface area contributed by atoms with Gasteiger partial charge in [0, 0.05) is 25.5 Å². The van der Waals surface area contributed by atoms with E-state index >= 15 is 0 Å². The van der Waals surface area contributed by atoms with E-state index in [0.717, 1.165) is 25.3 Å². The average molecular weight is 445 g/mol. The summed E-state index contributed by atoms with van der Waals surface area (Å²) in [6.45, 7) is 12.6. The van der Waals surface area contributed by atoms with Gasteiger partial charge in [-0.1, -0.05) is 81.0 Å². The predicted octanol–water partition coefficient (Wildman–Crippen LogP) is 6.22. The second kappa shape index (κ2) is 21.6. The number of benzene rings is 1.